The highest BCUT2D eigenvalue weighted by Gasteiger charge is 2.08. The van der Waals surface area contributed by atoms with Gasteiger partial charge in [0.15, 0.2) is 0 Å². The molecular weight excluding hydrogens is 184 g/mol. The van der Waals surface area contributed by atoms with Crippen molar-refractivity contribution in [3.05, 3.63) is 16.1 Å². The minimum absolute atomic E-state index is 0.230. The molecule has 0 aliphatic carbocycles. The van der Waals surface area contributed by atoms with Crippen molar-refractivity contribution < 1.29 is 5.11 Å². The number of rotatable bonds is 4. The van der Waals surface area contributed by atoms with E-state index in [0.717, 1.165) is 5.01 Å². The van der Waals surface area contributed by atoms with Gasteiger partial charge in [0.2, 0.25) is 0 Å². The Labute approximate surface area is 82.8 Å². The lowest BCUT2D eigenvalue weighted by atomic mass is 10.3. The van der Waals surface area contributed by atoms with E-state index >= 15 is 0 Å². The molecule has 3 nitrogen and oxygen atoms in total. The summed E-state index contributed by atoms with van der Waals surface area (Å²) < 4.78 is 0. The molecule has 0 aliphatic heterocycles. The minimum atomic E-state index is -0.302. The molecule has 0 saturated carbocycles. The van der Waals surface area contributed by atoms with Crippen molar-refractivity contribution in [1.29, 1.82) is 0 Å². The molecule has 0 aliphatic rings. The van der Waals surface area contributed by atoms with Crippen molar-refractivity contribution in [3.63, 3.8) is 0 Å². The molecule has 0 fully saturated rings. The summed E-state index contributed by atoms with van der Waals surface area (Å²) in [5.74, 6) is 0. The van der Waals surface area contributed by atoms with Crippen molar-refractivity contribution in [2.24, 2.45) is 0 Å². The van der Waals surface area contributed by atoms with E-state index in [4.69, 9.17) is 5.11 Å². The number of hydrogen-bond donors (Lipinski definition) is 2. The van der Waals surface area contributed by atoms with Crippen LogP contribution >= 0.6 is 11.3 Å². The lowest BCUT2D eigenvalue weighted by molar-refractivity contribution is 0.187. The molecule has 1 aromatic rings. The zero-order chi connectivity index (χ0) is 9.84. The van der Waals surface area contributed by atoms with Gasteiger partial charge in [-0.05, 0) is 20.8 Å². The van der Waals surface area contributed by atoms with E-state index < -0.39 is 0 Å². The van der Waals surface area contributed by atoms with Crippen LogP contribution in [-0.2, 0) is 0 Å². The third kappa shape index (κ3) is 3.42. The van der Waals surface area contributed by atoms with Gasteiger partial charge in [0, 0.05) is 17.6 Å². The molecule has 0 radical (unpaired) electrons. The van der Waals surface area contributed by atoms with Gasteiger partial charge in [0.05, 0.1) is 12.1 Å². The fraction of sp³-hybridized carbons (Fsp3) is 0.667. The molecule has 1 heterocycles. The quantitative estimate of drug-likeness (QED) is 0.774. The topological polar surface area (TPSA) is 45.2 Å². The number of aliphatic hydroxyl groups is 1. The van der Waals surface area contributed by atoms with Crippen LogP contribution in [0.5, 0.6) is 0 Å². The van der Waals surface area contributed by atoms with Crippen LogP contribution in [0.15, 0.2) is 6.20 Å². The zero-order valence-corrected chi connectivity index (χ0v) is 9.06. The Morgan fingerprint density at radius 1 is 1.62 bits per heavy atom. The maximum atomic E-state index is 9.07. The van der Waals surface area contributed by atoms with E-state index in [2.05, 4.69) is 17.2 Å². The molecule has 1 aromatic heterocycles. The Morgan fingerprint density at radius 2 is 2.31 bits per heavy atom. The first-order valence-electron chi connectivity index (χ1n) is 4.43. The fourth-order valence-electron chi connectivity index (χ4n) is 1.01. The molecule has 0 spiro atoms. The molecule has 2 unspecified atom stereocenters. The van der Waals surface area contributed by atoms with Crippen molar-refractivity contribution in [2.75, 3.05) is 6.54 Å². The first-order valence-corrected chi connectivity index (χ1v) is 5.25. The monoisotopic (exact) mass is 200 g/mol. The lowest BCUT2D eigenvalue weighted by Gasteiger charge is -2.12. The van der Waals surface area contributed by atoms with Crippen LogP contribution in [0.25, 0.3) is 0 Å². The number of aliphatic hydroxyl groups excluding tert-OH is 1. The molecule has 0 bridgehead atoms. The first kappa shape index (κ1) is 10.6. The van der Waals surface area contributed by atoms with Crippen molar-refractivity contribution >= 4 is 11.3 Å². The standard InChI is InChI=1S/C9H16N2OS/c1-6(12)4-10-8(3)9-11-5-7(2)13-9/h5-6,8,10,12H,4H2,1-3H3. The predicted molar refractivity (Wildman–Crippen MR) is 54.9 cm³/mol. The van der Waals surface area contributed by atoms with Crippen LogP contribution in [0.1, 0.15) is 29.8 Å². The number of nitrogens with zero attached hydrogens (tertiary/aromatic N) is 1. The SMILES string of the molecule is Cc1cnc(C(C)NCC(C)O)s1. The molecule has 74 valence electrons. The molecule has 2 N–H and O–H groups in total. The van der Waals surface area contributed by atoms with Gasteiger partial charge in [-0.2, -0.15) is 0 Å². The first-order chi connectivity index (χ1) is 6.09. The molecule has 0 saturated heterocycles. The molecule has 1 rings (SSSR count). The van der Waals surface area contributed by atoms with Gasteiger partial charge in [0.25, 0.3) is 0 Å². The molecular formula is C9H16N2OS. The molecule has 2 atom stereocenters. The van der Waals surface area contributed by atoms with Gasteiger partial charge >= 0.3 is 0 Å². The Kier molecular flexibility index (Phi) is 3.84. The van der Waals surface area contributed by atoms with Crippen LogP contribution < -0.4 is 5.32 Å². The third-order valence-electron chi connectivity index (χ3n) is 1.73. The lowest BCUT2D eigenvalue weighted by Crippen LogP contribution is -2.26. The van der Waals surface area contributed by atoms with Crippen LogP contribution in [0, 0.1) is 6.92 Å². The molecule has 13 heavy (non-hydrogen) atoms. The Hall–Kier alpha value is -0.450. The molecule has 4 heteroatoms. The van der Waals surface area contributed by atoms with Gasteiger partial charge in [-0.15, -0.1) is 11.3 Å². The van der Waals surface area contributed by atoms with E-state index in [1.165, 1.54) is 4.88 Å². The minimum Gasteiger partial charge on any atom is -0.392 e. The number of aromatic nitrogens is 1. The van der Waals surface area contributed by atoms with Crippen LogP contribution in [0.3, 0.4) is 0 Å². The van der Waals surface area contributed by atoms with Gasteiger partial charge < -0.3 is 10.4 Å². The van der Waals surface area contributed by atoms with Gasteiger partial charge in [-0.3, -0.25) is 0 Å². The van der Waals surface area contributed by atoms with Crippen molar-refractivity contribution in [1.82, 2.24) is 10.3 Å². The van der Waals surface area contributed by atoms with Crippen molar-refractivity contribution in [2.45, 2.75) is 32.9 Å². The summed E-state index contributed by atoms with van der Waals surface area (Å²) in [6, 6.07) is 0.230. The normalized spacial score (nSPS) is 15.7. The van der Waals surface area contributed by atoms with Gasteiger partial charge in [0.1, 0.15) is 5.01 Å². The molecule has 0 aromatic carbocycles. The largest absolute Gasteiger partial charge is 0.392 e. The summed E-state index contributed by atoms with van der Waals surface area (Å²) >= 11 is 1.69. The second-order valence-corrected chi connectivity index (χ2v) is 4.55. The summed E-state index contributed by atoms with van der Waals surface area (Å²) in [7, 11) is 0. The number of nitrogens with one attached hydrogen (secondary N) is 1. The summed E-state index contributed by atoms with van der Waals surface area (Å²) in [6.07, 6.45) is 1.57. The van der Waals surface area contributed by atoms with E-state index in [0.29, 0.717) is 6.54 Å². The second kappa shape index (κ2) is 4.69. The van der Waals surface area contributed by atoms with Gasteiger partial charge in [-0.1, -0.05) is 0 Å². The van der Waals surface area contributed by atoms with Crippen LogP contribution in [0.2, 0.25) is 0 Å². The second-order valence-electron chi connectivity index (χ2n) is 3.29. The average Bonchev–Trinajstić information content (AvgIpc) is 2.47. The Balaban J connectivity index is 2.44. The number of hydrogen-bond acceptors (Lipinski definition) is 4. The fourth-order valence-corrected chi connectivity index (χ4v) is 1.81. The highest BCUT2D eigenvalue weighted by atomic mass is 32.1. The summed E-state index contributed by atoms with van der Waals surface area (Å²) in [5.41, 5.74) is 0. The van der Waals surface area contributed by atoms with Crippen LogP contribution in [0.4, 0.5) is 0 Å². The van der Waals surface area contributed by atoms with Crippen molar-refractivity contribution in [3.8, 4) is 0 Å². The van der Waals surface area contributed by atoms with E-state index in [-0.39, 0.29) is 12.1 Å². The maximum Gasteiger partial charge on any atom is 0.109 e. The zero-order valence-electron chi connectivity index (χ0n) is 8.24. The van der Waals surface area contributed by atoms with E-state index in [9.17, 15) is 0 Å². The summed E-state index contributed by atoms with van der Waals surface area (Å²) in [4.78, 5) is 5.49. The highest BCUT2D eigenvalue weighted by molar-refractivity contribution is 7.11. The van der Waals surface area contributed by atoms with E-state index in [1.807, 2.05) is 13.1 Å². The molecule has 0 amide bonds. The number of thiazole rings is 1. The number of aryl methyl sites for hydroxylation is 1. The highest BCUT2D eigenvalue weighted by Crippen LogP contribution is 2.18. The smallest absolute Gasteiger partial charge is 0.109 e. The Bertz CT molecular complexity index is 260. The maximum absolute atomic E-state index is 9.07. The average molecular weight is 200 g/mol. The Morgan fingerprint density at radius 3 is 2.77 bits per heavy atom. The van der Waals surface area contributed by atoms with Crippen LogP contribution in [-0.4, -0.2) is 22.7 Å². The third-order valence-corrected chi connectivity index (χ3v) is 2.82. The van der Waals surface area contributed by atoms with Gasteiger partial charge in [-0.25, -0.2) is 4.98 Å². The summed E-state index contributed by atoms with van der Waals surface area (Å²) in [6.45, 7) is 6.48. The summed E-state index contributed by atoms with van der Waals surface area (Å²) in [5, 5.41) is 13.4. The van der Waals surface area contributed by atoms with E-state index in [1.54, 1.807) is 18.3 Å². The predicted octanol–water partition coefficient (Wildman–Crippen LogP) is 1.48.